The van der Waals surface area contributed by atoms with Crippen LogP contribution in [0.3, 0.4) is 0 Å². The number of rotatable bonds is 11. The SMILES string of the molecule is COC(=O)c1ccc(CN(C(=O)CNC(=O)OCc2ccccc2)[C@H](Cc2c[nH]c3ccccc23)C(=O)OC)cc1. The fourth-order valence-corrected chi connectivity index (χ4v) is 4.42. The van der Waals surface area contributed by atoms with E-state index in [-0.39, 0.29) is 19.6 Å². The monoisotopic (exact) mass is 557 g/mol. The van der Waals surface area contributed by atoms with E-state index in [2.05, 4.69) is 10.3 Å². The van der Waals surface area contributed by atoms with E-state index in [0.717, 1.165) is 22.0 Å². The molecule has 0 aliphatic heterocycles. The molecule has 4 aromatic rings. The van der Waals surface area contributed by atoms with Crippen LogP contribution in [0, 0.1) is 0 Å². The zero-order chi connectivity index (χ0) is 29.2. The molecule has 2 amide bonds. The number of ether oxygens (including phenoxy) is 3. The first-order chi connectivity index (χ1) is 19.9. The van der Waals surface area contributed by atoms with E-state index in [1.165, 1.54) is 19.1 Å². The highest BCUT2D eigenvalue weighted by Gasteiger charge is 2.32. The molecule has 0 saturated heterocycles. The number of benzene rings is 3. The van der Waals surface area contributed by atoms with Crippen molar-refractivity contribution in [1.82, 2.24) is 15.2 Å². The summed E-state index contributed by atoms with van der Waals surface area (Å²) in [5.41, 5.74) is 3.52. The lowest BCUT2D eigenvalue weighted by molar-refractivity contribution is -0.153. The molecule has 10 heteroatoms. The van der Waals surface area contributed by atoms with Crippen LogP contribution >= 0.6 is 0 Å². The Labute approximate surface area is 237 Å². The van der Waals surface area contributed by atoms with Crippen LogP contribution in [0.2, 0.25) is 0 Å². The van der Waals surface area contributed by atoms with Crippen molar-refractivity contribution in [3.63, 3.8) is 0 Å². The van der Waals surface area contributed by atoms with Gasteiger partial charge in [-0.05, 0) is 34.9 Å². The van der Waals surface area contributed by atoms with Gasteiger partial charge in [0.25, 0.3) is 0 Å². The van der Waals surface area contributed by atoms with Crippen molar-refractivity contribution in [3.05, 3.63) is 107 Å². The van der Waals surface area contributed by atoms with Crippen LogP contribution in [-0.4, -0.2) is 60.6 Å². The zero-order valence-electron chi connectivity index (χ0n) is 22.8. The first-order valence-corrected chi connectivity index (χ1v) is 12.9. The molecule has 0 spiro atoms. The second kappa shape index (κ2) is 13.8. The molecule has 4 rings (SSSR count). The number of nitrogens with zero attached hydrogens (tertiary/aromatic N) is 1. The second-order valence-corrected chi connectivity index (χ2v) is 9.23. The minimum absolute atomic E-state index is 0.0170. The molecule has 212 valence electrons. The number of amides is 2. The number of methoxy groups -OCH3 is 2. The number of esters is 2. The maximum absolute atomic E-state index is 13.6. The van der Waals surface area contributed by atoms with E-state index in [4.69, 9.17) is 14.2 Å². The summed E-state index contributed by atoms with van der Waals surface area (Å²) in [6.07, 6.45) is 1.20. The lowest BCUT2D eigenvalue weighted by Gasteiger charge is -2.30. The smallest absolute Gasteiger partial charge is 0.407 e. The number of fused-ring (bicyclic) bond motifs is 1. The van der Waals surface area contributed by atoms with Crippen molar-refractivity contribution in [2.75, 3.05) is 20.8 Å². The first-order valence-electron chi connectivity index (χ1n) is 12.9. The molecule has 3 aromatic carbocycles. The van der Waals surface area contributed by atoms with Crippen LogP contribution < -0.4 is 5.32 Å². The number of aromatic nitrogens is 1. The molecule has 41 heavy (non-hydrogen) atoms. The molecular weight excluding hydrogens is 526 g/mol. The van der Waals surface area contributed by atoms with E-state index in [9.17, 15) is 19.2 Å². The Balaban J connectivity index is 1.55. The standard InChI is InChI=1S/C31H31N3O7/c1-39-29(36)23-14-12-21(13-15-23)19-34(28(35)18-33-31(38)41-20-22-8-4-3-5-9-22)27(30(37)40-2)16-24-17-32-26-11-7-6-10-25(24)26/h3-15,17,27,32H,16,18-20H2,1-2H3,(H,33,38)/t27-/m1/s1. The number of hydrogen-bond donors (Lipinski definition) is 2. The first kappa shape index (κ1) is 28.9. The van der Waals surface area contributed by atoms with Gasteiger partial charge in [0.2, 0.25) is 5.91 Å². The summed E-state index contributed by atoms with van der Waals surface area (Å²) >= 11 is 0. The largest absolute Gasteiger partial charge is 0.467 e. The molecule has 0 aliphatic carbocycles. The molecule has 1 heterocycles. The average molecular weight is 558 g/mol. The highest BCUT2D eigenvalue weighted by atomic mass is 16.5. The minimum Gasteiger partial charge on any atom is -0.467 e. The van der Waals surface area contributed by atoms with Crippen molar-refractivity contribution < 1.29 is 33.4 Å². The summed E-state index contributed by atoms with van der Waals surface area (Å²) in [7, 11) is 2.55. The zero-order valence-corrected chi connectivity index (χ0v) is 22.8. The fourth-order valence-electron chi connectivity index (χ4n) is 4.42. The molecule has 2 N–H and O–H groups in total. The number of nitrogens with one attached hydrogen (secondary N) is 2. The summed E-state index contributed by atoms with van der Waals surface area (Å²) in [5.74, 6) is -1.62. The lowest BCUT2D eigenvalue weighted by atomic mass is 10.0. The molecule has 0 aliphatic rings. The fraction of sp³-hybridized carbons (Fsp3) is 0.226. The Hall–Kier alpha value is -5.12. The quantitative estimate of drug-likeness (QED) is 0.211. The molecule has 0 radical (unpaired) electrons. The Morgan fingerprint density at radius 3 is 2.27 bits per heavy atom. The van der Waals surface area contributed by atoms with Gasteiger partial charge in [-0.25, -0.2) is 14.4 Å². The van der Waals surface area contributed by atoms with Gasteiger partial charge in [0.05, 0.1) is 19.8 Å². The molecule has 10 nitrogen and oxygen atoms in total. The number of carbonyl (C=O) groups is 4. The van der Waals surface area contributed by atoms with Crippen molar-refractivity contribution >= 4 is 34.8 Å². The van der Waals surface area contributed by atoms with Crippen LogP contribution in [0.25, 0.3) is 10.9 Å². The van der Waals surface area contributed by atoms with Crippen molar-refractivity contribution in [2.45, 2.75) is 25.6 Å². The molecule has 0 bridgehead atoms. The Bertz CT molecular complexity index is 1500. The third-order valence-corrected chi connectivity index (χ3v) is 6.58. The lowest BCUT2D eigenvalue weighted by Crippen LogP contribution is -2.50. The molecule has 0 unspecified atom stereocenters. The van der Waals surface area contributed by atoms with Crippen LogP contribution in [0.15, 0.2) is 85.1 Å². The van der Waals surface area contributed by atoms with Gasteiger partial charge >= 0.3 is 18.0 Å². The third kappa shape index (κ3) is 7.51. The van der Waals surface area contributed by atoms with Gasteiger partial charge in [-0.2, -0.15) is 0 Å². The van der Waals surface area contributed by atoms with Gasteiger partial charge in [-0.3, -0.25) is 4.79 Å². The van der Waals surface area contributed by atoms with Gasteiger partial charge < -0.3 is 29.4 Å². The number of aromatic amines is 1. The summed E-state index contributed by atoms with van der Waals surface area (Å²) < 4.78 is 15.1. The van der Waals surface area contributed by atoms with Gasteiger partial charge in [-0.15, -0.1) is 0 Å². The maximum Gasteiger partial charge on any atom is 0.407 e. The highest BCUT2D eigenvalue weighted by Crippen LogP contribution is 2.22. The topological polar surface area (TPSA) is 127 Å². The van der Waals surface area contributed by atoms with E-state index in [1.54, 1.807) is 30.5 Å². The van der Waals surface area contributed by atoms with E-state index in [0.29, 0.717) is 11.1 Å². The predicted molar refractivity (Wildman–Crippen MR) is 151 cm³/mol. The van der Waals surface area contributed by atoms with Crippen LogP contribution in [0.1, 0.15) is 27.0 Å². The highest BCUT2D eigenvalue weighted by molar-refractivity contribution is 5.90. The summed E-state index contributed by atoms with van der Waals surface area (Å²) in [6.45, 7) is -0.346. The maximum atomic E-state index is 13.6. The minimum atomic E-state index is -1.01. The molecule has 1 aromatic heterocycles. The molecule has 0 fully saturated rings. The molecule has 1 atom stereocenters. The molecular formula is C31H31N3O7. The normalized spacial score (nSPS) is 11.4. The molecule has 0 saturated carbocycles. The number of carbonyl (C=O) groups excluding carboxylic acids is 4. The van der Waals surface area contributed by atoms with E-state index >= 15 is 0 Å². The average Bonchev–Trinajstić information content (AvgIpc) is 3.43. The Morgan fingerprint density at radius 1 is 0.854 bits per heavy atom. The van der Waals surface area contributed by atoms with Gasteiger partial charge in [0, 0.05) is 30.1 Å². The Kier molecular flexibility index (Phi) is 9.71. The predicted octanol–water partition coefficient (Wildman–Crippen LogP) is 3.99. The third-order valence-electron chi connectivity index (χ3n) is 6.58. The number of hydrogen-bond acceptors (Lipinski definition) is 7. The van der Waals surface area contributed by atoms with Crippen molar-refractivity contribution in [1.29, 1.82) is 0 Å². The van der Waals surface area contributed by atoms with Crippen LogP contribution in [-0.2, 0) is 43.4 Å². The Morgan fingerprint density at radius 2 is 1.56 bits per heavy atom. The summed E-state index contributed by atoms with van der Waals surface area (Å²) in [6, 6.07) is 22.3. The number of H-pyrrole nitrogens is 1. The number of alkyl carbamates (subject to hydrolysis) is 1. The summed E-state index contributed by atoms with van der Waals surface area (Å²) in [4.78, 5) is 55.4. The van der Waals surface area contributed by atoms with Crippen molar-refractivity contribution in [2.24, 2.45) is 0 Å². The second-order valence-electron chi connectivity index (χ2n) is 9.23. The van der Waals surface area contributed by atoms with Crippen LogP contribution in [0.4, 0.5) is 4.79 Å². The van der Waals surface area contributed by atoms with Crippen molar-refractivity contribution in [3.8, 4) is 0 Å². The van der Waals surface area contributed by atoms with E-state index in [1.807, 2.05) is 54.6 Å². The number of para-hydroxylation sites is 1. The van der Waals surface area contributed by atoms with Gasteiger partial charge in [0.15, 0.2) is 0 Å². The summed E-state index contributed by atoms with van der Waals surface area (Å²) in [5, 5.41) is 3.39. The van der Waals surface area contributed by atoms with Crippen LogP contribution in [0.5, 0.6) is 0 Å². The van der Waals surface area contributed by atoms with Gasteiger partial charge in [0.1, 0.15) is 19.2 Å². The van der Waals surface area contributed by atoms with E-state index < -0.39 is 36.5 Å². The van der Waals surface area contributed by atoms with Gasteiger partial charge in [-0.1, -0.05) is 60.7 Å².